The van der Waals surface area contributed by atoms with E-state index < -0.39 is 0 Å². The summed E-state index contributed by atoms with van der Waals surface area (Å²) in [6.07, 6.45) is 3.14. The molecule has 110 valence electrons. The van der Waals surface area contributed by atoms with Gasteiger partial charge < -0.3 is 10.7 Å². The van der Waals surface area contributed by atoms with Crippen LogP contribution in [-0.4, -0.2) is 11.5 Å². The van der Waals surface area contributed by atoms with E-state index in [-0.39, 0.29) is 0 Å². The second-order valence-corrected chi connectivity index (χ2v) is 6.67. The standard InChI is InChI=1S/C17H19ClN2S/c1-11-7-8-13(18)15-12(5-2-3-9-19)17(20-16(11)15)14-6-4-10-21-14/h4,6-8,10,20H,2-3,5,9,19H2,1H3. The maximum Gasteiger partial charge on any atom is 0.0599 e. The molecule has 2 heterocycles. The number of aryl methyl sites for hydroxylation is 2. The van der Waals surface area contributed by atoms with Crippen molar-refractivity contribution in [3.05, 3.63) is 45.8 Å². The van der Waals surface area contributed by atoms with Crippen molar-refractivity contribution < 1.29 is 0 Å². The molecule has 4 heteroatoms. The number of aromatic amines is 1. The fraction of sp³-hybridized carbons (Fsp3) is 0.294. The Hall–Kier alpha value is -1.29. The topological polar surface area (TPSA) is 41.8 Å². The van der Waals surface area contributed by atoms with Crippen LogP contribution in [-0.2, 0) is 6.42 Å². The van der Waals surface area contributed by atoms with Crippen molar-refractivity contribution in [2.45, 2.75) is 26.2 Å². The number of rotatable bonds is 5. The van der Waals surface area contributed by atoms with Gasteiger partial charge in [-0.2, -0.15) is 0 Å². The largest absolute Gasteiger partial charge is 0.353 e. The van der Waals surface area contributed by atoms with Gasteiger partial charge in [-0.25, -0.2) is 0 Å². The summed E-state index contributed by atoms with van der Waals surface area (Å²) in [4.78, 5) is 4.87. The molecule has 0 aliphatic carbocycles. The highest BCUT2D eigenvalue weighted by Crippen LogP contribution is 2.38. The van der Waals surface area contributed by atoms with Crippen molar-refractivity contribution in [1.82, 2.24) is 4.98 Å². The molecule has 0 aliphatic rings. The van der Waals surface area contributed by atoms with Crippen molar-refractivity contribution in [2.24, 2.45) is 5.73 Å². The third kappa shape index (κ3) is 2.73. The molecular weight excluding hydrogens is 300 g/mol. The minimum absolute atomic E-state index is 0.740. The summed E-state index contributed by atoms with van der Waals surface area (Å²) in [5.74, 6) is 0. The van der Waals surface area contributed by atoms with Gasteiger partial charge in [0, 0.05) is 5.39 Å². The lowest BCUT2D eigenvalue weighted by atomic mass is 10.0. The molecule has 0 saturated heterocycles. The first-order valence-electron chi connectivity index (χ1n) is 7.26. The molecule has 1 aromatic carbocycles. The van der Waals surface area contributed by atoms with Crippen molar-refractivity contribution in [1.29, 1.82) is 0 Å². The Balaban J connectivity index is 2.18. The average Bonchev–Trinajstić information content (AvgIpc) is 3.11. The number of H-pyrrole nitrogens is 1. The van der Waals surface area contributed by atoms with Crippen LogP contribution in [0, 0.1) is 6.92 Å². The first kappa shape index (κ1) is 14.6. The first-order valence-corrected chi connectivity index (χ1v) is 8.51. The summed E-state index contributed by atoms with van der Waals surface area (Å²) >= 11 is 8.24. The Morgan fingerprint density at radius 2 is 2.10 bits per heavy atom. The molecule has 3 aromatic rings. The smallest absolute Gasteiger partial charge is 0.0599 e. The average molecular weight is 319 g/mol. The highest BCUT2D eigenvalue weighted by Gasteiger charge is 2.17. The van der Waals surface area contributed by atoms with Gasteiger partial charge in [-0.3, -0.25) is 0 Å². The molecule has 3 rings (SSSR count). The van der Waals surface area contributed by atoms with Crippen LogP contribution in [0.25, 0.3) is 21.5 Å². The van der Waals surface area contributed by atoms with E-state index >= 15 is 0 Å². The minimum Gasteiger partial charge on any atom is -0.353 e. The zero-order chi connectivity index (χ0) is 14.8. The van der Waals surface area contributed by atoms with E-state index in [0.717, 1.165) is 36.3 Å². The van der Waals surface area contributed by atoms with Gasteiger partial charge in [-0.1, -0.05) is 23.7 Å². The summed E-state index contributed by atoms with van der Waals surface area (Å²) in [5, 5.41) is 4.12. The van der Waals surface area contributed by atoms with Crippen LogP contribution < -0.4 is 5.73 Å². The lowest BCUT2D eigenvalue weighted by Gasteiger charge is -2.04. The molecule has 3 N–H and O–H groups in total. The highest BCUT2D eigenvalue weighted by atomic mass is 35.5. The normalized spacial score (nSPS) is 11.4. The molecule has 0 amide bonds. The molecule has 2 aromatic heterocycles. The molecule has 0 spiro atoms. The number of benzene rings is 1. The number of nitrogens with one attached hydrogen (secondary N) is 1. The number of hydrogen-bond donors (Lipinski definition) is 2. The lowest BCUT2D eigenvalue weighted by molar-refractivity contribution is 0.748. The molecule has 0 radical (unpaired) electrons. The van der Waals surface area contributed by atoms with Crippen molar-refractivity contribution >= 4 is 33.8 Å². The number of aromatic nitrogens is 1. The first-order chi connectivity index (χ1) is 10.2. The van der Waals surface area contributed by atoms with Gasteiger partial charge in [-0.15, -0.1) is 11.3 Å². The SMILES string of the molecule is Cc1ccc(Cl)c2c(CCCCN)c(-c3cccs3)[nH]c12. The third-order valence-electron chi connectivity index (χ3n) is 3.86. The van der Waals surface area contributed by atoms with Gasteiger partial charge in [0.2, 0.25) is 0 Å². The van der Waals surface area contributed by atoms with Gasteiger partial charge in [0.25, 0.3) is 0 Å². The van der Waals surface area contributed by atoms with Crippen molar-refractivity contribution in [3.63, 3.8) is 0 Å². The fourth-order valence-corrected chi connectivity index (χ4v) is 3.81. The van der Waals surface area contributed by atoms with Gasteiger partial charge in [0.15, 0.2) is 0 Å². The van der Waals surface area contributed by atoms with E-state index in [1.807, 2.05) is 6.07 Å². The Bertz CT molecular complexity index is 744. The summed E-state index contributed by atoms with van der Waals surface area (Å²) < 4.78 is 0. The highest BCUT2D eigenvalue weighted by molar-refractivity contribution is 7.13. The van der Waals surface area contributed by atoms with Crippen LogP contribution in [0.1, 0.15) is 24.0 Å². The van der Waals surface area contributed by atoms with Gasteiger partial charge in [0.1, 0.15) is 0 Å². The van der Waals surface area contributed by atoms with E-state index in [1.54, 1.807) is 11.3 Å². The third-order valence-corrected chi connectivity index (χ3v) is 5.07. The molecule has 0 fully saturated rings. The predicted octanol–water partition coefficient (Wildman–Crippen LogP) is 5.14. The van der Waals surface area contributed by atoms with Crippen LogP contribution in [0.15, 0.2) is 29.6 Å². The minimum atomic E-state index is 0.740. The maximum atomic E-state index is 6.48. The molecule has 0 atom stereocenters. The molecule has 2 nitrogen and oxygen atoms in total. The molecular formula is C17H19ClN2S. The van der Waals surface area contributed by atoms with Gasteiger partial charge >= 0.3 is 0 Å². The summed E-state index contributed by atoms with van der Waals surface area (Å²) in [5.41, 5.74) is 10.6. The van der Waals surface area contributed by atoms with Crippen LogP contribution in [0.5, 0.6) is 0 Å². The number of halogens is 1. The summed E-state index contributed by atoms with van der Waals surface area (Å²) in [6.45, 7) is 2.86. The molecule has 0 saturated carbocycles. The Morgan fingerprint density at radius 1 is 1.24 bits per heavy atom. The number of fused-ring (bicyclic) bond motifs is 1. The van der Waals surface area contributed by atoms with Gasteiger partial charge in [0.05, 0.1) is 21.1 Å². The second kappa shape index (κ2) is 6.22. The second-order valence-electron chi connectivity index (χ2n) is 5.32. The summed E-state index contributed by atoms with van der Waals surface area (Å²) in [6, 6.07) is 8.31. The van der Waals surface area contributed by atoms with Crippen molar-refractivity contribution in [3.8, 4) is 10.6 Å². The Labute approximate surface area is 133 Å². The van der Waals surface area contributed by atoms with E-state index in [1.165, 1.54) is 27.1 Å². The number of hydrogen-bond acceptors (Lipinski definition) is 2. The van der Waals surface area contributed by atoms with E-state index in [0.29, 0.717) is 0 Å². The number of thiophene rings is 1. The van der Waals surface area contributed by atoms with Crippen molar-refractivity contribution in [2.75, 3.05) is 6.54 Å². The molecule has 21 heavy (non-hydrogen) atoms. The van der Waals surface area contributed by atoms with E-state index in [2.05, 4.69) is 35.5 Å². The Morgan fingerprint density at radius 3 is 2.81 bits per heavy atom. The zero-order valence-electron chi connectivity index (χ0n) is 12.1. The molecule has 0 bridgehead atoms. The molecule has 0 aliphatic heterocycles. The van der Waals surface area contributed by atoms with Crippen LogP contribution >= 0.6 is 22.9 Å². The van der Waals surface area contributed by atoms with Gasteiger partial charge in [-0.05, 0) is 61.4 Å². The monoisotopic (exact) mass is 318 g/mol. The van der Waals surface area contributed by atoms with Crippen LogP contribution in [0.4, 0.5) is 0 Å². The lowest BCUT2D eigenvalue weighted by Crippen LogP contribution is -1.99. The number of unbranched alkanes of at least 4 members (excludes halogenated alkanes) is 1. The van der Waals surface area contributed by atoms with Crippen LogP contribution in [0.2, 0.25) is 5.02 Å². The van der Waals surface area contributed by atoms with E-state index in [9.17, 15) is 0 Å². The fourth-order valence-electron chi connectivity index (χ4n) is 2.79. The van der Waals surface area contributed by atoms with Crippen LogP contribution in [0.3, 0.4) is 0 Å². The van der Waals surface area contributed by atoms with E-state index in [4.69, 9.17) is 17.3 Å². The summed E-state index contributed by atoms with van der Waals surface area (Å²) in [7, 11) is 0. The number of nitrogens with two attached hydrogens (primary N) is 1. The predicted molar refractivity (Wildman–Crippen MR) is 93.4 cm³/mol. The molecule has 0 unspecified atom stereocenters. The maximum absolute atomic E-state index is 6.48. The zero-order valence-corrected chi connectivity index (χ0v) is 13.7. The quantitative estimate of drug-likeness (QED) is 0.628. The Kier molecular flexibility index (Phi) is 4.34.